The number of nitriles is 1. The number of nitrogens with zero attached hydrogens (tertiary/aromatic N) is 4. The van der Waals surface area contributed by atoms with Gasteiger partial charge in [-0.1, -0.05) is 11.6 Å². The zero-order valence-electron chi connectivity index (χ0n) is 13.9. The second-order valence-corrected chi connectivity index (χ2v) is 7.18. The van der Waals surface area contributed by atoms with Crippen molar-refractivity contribution < 1.29 is 4.79 Å². The van der Waals surface area contributed by atoms with Gasteiger partial charge in [-0.2, -0.15) is 5.26 Å². The number of carbonyl (C=O) groups excluding carboxylic acids is 1. The lowest BCUT2D eigenvalue weighted by molar-refractivity contribution is -0.132. The molecule has 128 valence electrons. The summed E-state index contributed by atoms with van der Waals surface area (Å²) in [6, 6.07) is 9.51. The predicted octanol–water partition coefficient (Wildman–Crippen LogP) is 3.21. The highest BCUT2D eigenvalue weighted by Crippen LogP contribution is 2.31. The number of anilines is 1. The highest BCUT2D eigenvalue weighted by molar-refractivity contribution is 6.31. The molecule has 0 unspecified atom stereocenters. The molecule has 2 heterocycles. The van der Waals surface area contributed by atoms with Crippen LogP contribution >= 0.6 is 11.6 Å². The zero-order chi connectivity index (χ0) is 17.4. The van der Waals surface area contributed by atoms with Gasteiger partial charge in [-0.15, -0.1) is 0 Å². The highest BCUT2D eigenvalue weighted by atomic mass is 35.5. The molecule has 0 atom stereocenters. The van der Waals surface area contributed by atoms with Gasteiger partial charge in [0.1, 0.15) is 5.82 Å². The third-order valence-electron chi connectivity index (χ3n) is 4.94. The van der Waals surface area contributed by atoms with E-state index in [0.717, 1.165) is 62.2 Å². The van der Waals surface area contributed by atoms with Crippen LogP contribution in [0.5, 0.6) is 0 Å². The van der Waals surface area contributed by atoms with Crippen molar-refractivity contribution >= 4 is 34.2 Å². The van der Waals surface area contributed by atoms with Crippen molar-refractivity contribution in [3.63, 3.8) is 0 Å². The van der Waals surface area contributed by atoms with E-state index < -0.39 is 0 Å². The Kier molecular flexibility index (Phi) is 4.22. The number of amides is 1. The summed E-state index contributed by atoms with van der Waals surface area (Å²) in [5.74, 6) is 1.37. The van der Waals surface area contributed by atoms with Gasteiger partial charge in [-0.25, -0.2) is 4.98 Å². The summed E-state index contributed by atoms with van der Waals surface area (Å²) in [6.45, 7) is 3.11. The van der Waals surface area contributed by atoms with Crippen LogP contribution in [0.1, 0.15) is 24.8 Å². The minimum Gasteiger partial charge on any atom is -0.355 e. The molecule has 1 saturated heterocycles. The van der Waals surface area contributed by atoms with Gasteiger partial charge >= 0.3 is 0 Å². The van der Waals surface area contributed by atoms with E-state index in [0.29, 0.717) is 16.5 Å². The van der Waals surface area contributed by atoms with Crippen molar-refractivity contribution in [2.75, 3.05) is 31.1 Å². The van der Waals surface area contributed by atoms with Gasteiger partial charge in [-0.3, -0.25) is 4.79 Å². The summed E-state index contributed by atoms with van der Waals surface area (Å²) in [5.41, 5.74) is 1.35. The SMILES string of the molecule is N#Cc1cc(N2CCCN(C(=O)C3CC3)CC2)nc2ccc(Cl)cc12. The van der Waals surface area contributed by atoms with Gasteiger partial charge in [0.05, 0.1) is 17.1 Å². The van der Waals surface area contributed by atoms with E-state index in [1.54, 1.807) is 12.1 Å². The molecule has 1 saturated carbocycles. The molecule has 0 radical (unpaired) electrons. The number of aromatic nitrogens is 1. The van der Waals surface area contributed by atoms with Crippen LogP contribution in [0, 0.1) is 17.2 Å². The first-order valence-corrected chi connectivity index (χ1v) is 9.07. The quantitative estimate of drug-likeness (QED) is 0.830. The summed E-state index contributed by atoms with van der Waals surface area (Å²) in [6.07, 6.45) is 3.00. The van der Waals surface area contributed by atoms with Crippen LogP contribution in [-0.4, -0.2) is 42.0 Å². The first-order chi connectivity index (χ1) is 12.2. The van der Waals surface area contributed by atoms with Crippen molar-refractivity contribution in [3.05, 3.63) is 34.9 Å². The maximum Gasteiger partial charge on any atom is 0.225 e. The molecule has 1 aliphatic heterocycles. The van der Waals surface area contributed by atoms with E-state index in [9.17, 15) is 10.1 Å². The molecule has 1 amide bonds. The molecule has 25 heavy (non-hydrogen) atoms. The summed E-state index contributed by atoms with van der Waals surface area (Å²) >= 11 is 6.05. The Balaban J connectivity index is 1.60. The summed E-state index contributed by atoms with van der Waals surface area (Å²) in [7, 11) is 0. The van der Waals surface area contributed by atoms with Crippen LogP contribution in [0.25, 0.3) is 10.9 Å². The Morgan fingerprint density at radius 2 is 2.04 bits per heavy atom. The van der Waals surface area contributed by atoms with Crippen LogP contribution in [-0.2, 0) is 4.79 Å². The normalized spacial score (nSPS) is 18.1. The second kappa shape index (κ2) is 6.53. The van der Waals surface area contributed by atoms with E-state index >= 15 is 0 Å². The lowest BCUT2D eigenvalue weighted by Crippen LogP contribution is -2.36. The molecular weight excluding hydrogens is 336 g/mol. The topological polar surface area (TPSA) is 60.2 Å². The average molecular weight is 355 g/mol. The maximum atomic E-state index is 12.3. The van der Waals surface area contributed by atoms with Crippen LogP contribution in [0.2, 0.25) is 5.02 Å². The van der Waals surface area contributed by atoms with Crippen LogP contribution < -0.4 is 4.90 Å². The molecule has 0 N–H and O–H groups in total. The molecule has 2 fully saturated rings. The number of pyridine rings is 1. The smallest absolute Gasteiger partial charge is 0.225 e. The van der Waals surface area contributed by atoms with Crippen molar-refractivity contribution in [2.24, 2.45) is 5.92 Å². The summed E-state index contributed by atoms with van der Waals surface area (Å²) < 4.78 is 0. The van der Waals surface area contributed by atoms with Gasteiger partial charge < -0.3 is 9.80 Å². The average Bonchev–Trinajstić information content (AvgIpc) is 3.46. The minimum absolute atomic E-state index is 0.264. The van der Waals surface area contributed by atoms with Crippen molar-refractivity contribution in [3.8, 4) is 6.07 Å². The van der Waals surface area contributed by atoms with Gasteiger partial charge in [0.25, 0.3) is 0 Å². The zero-order valence-corrected chi connectivity index (χ0v) is 14.7. The van der Waals surface area contributed by atoms with Gasteiger partial charge in [0, 0.05) is 42.5 Å². The minimum atomic E-state index is 0.264. The van der Waals surface area contributed by atoms with E-state index in [2.05, 4.69) is 11.0 Å². The lowest BCUT2D eigenvalue weighted by atomic mass is 10.1. The first-order valence-electron chi connectivity index (χ1n) is 8.70. The second-order valence-electron chi connectivity index (χ2n) is 6.74. The number of hydrogen-bond acceptors (Lipinski definition) is 4. The van der Waals surface area contributed by atoms with E-state index in [1.807, 2.05) is 17.0 Å². The molecule has 0 spiro atoms. The molecule has 1 aliphatic carbocycles. The van der Waals surface area contributed by atoms with Crippen molar-refractivity contribution in [1.29, 1.82) is 5.26 Å². The number of benzene rings is 1. The summed E-state index contributed by atoms with van der Waals surface area (Å²) in [4.78, 5) is 21.2. The number of hydrogen-bond donors (Lipinski definition) is 0. The number of rotatable bonds is 2. The number of fused-ring (bicyclic) bond motifs is 1. The van der Waals surface area contributed by atoms with Gasteiger partial charge in [0.15, 0.2) is 0 Å². The van der Waals surface area contributed by atoms with E-state index in [-0.39, 0.29) is 5.92 Å². The number of halogens is 1. The molecule has 6 heteroatoms. The molecule has 4 rings (SSSR count). The molecule has 2 aromatic rings. The molecule has 5 nitrogen and oxygen atoms in total. The van der Waals surface area contributed by atoms with E-state index in [4.69, 9.17) is 16.6 Å². The Labute approximate surface area is 151 Å². The molecule has 1 aromatic heterocycles. The highest BCUT2D eigenvalue weighted by Gasteiger charge is 2.34. The van der Waals surface area contributed by atoms with Gasteiger partial charge in [-0.05, 0) is 43.5 Å². The molecular formula is C19H19ClN4O. The monoisotopic (exact) mass is 354 g/mol. The lowest BCUT2D eigenvalue weighted by Gasteiger charge is -2.23. The maximum absolute atomic E-state index is 12.3. The third-order valence-corrected chi connectivity index (χ3v) is 5.17. The Morgan fingerprint density at radius 1 is 1.20 bits per heavy atom. The first kappa shape index (κ1) is 16.2. The Hall–Kier alpha value is -2.32. The Morgan fingerprint density at radius 3 is 2.80 bits per heavy atom. The summed E-state index contributed by atoms with van der Waals surface area (Å²) in [5, 5.41) is 10.9. The largest absolute Gasteiger partial charge is 0.355 e. The van der Waals surface area contributed by atoms with Gasteiger partial charge in [0.2, 0.25) is 5.91 Å². The predicted molar refractivity (Wildman–Crippen MR) is 97.6 cm³/mol. The fraction of sp³-hybridized carbons (Fsp3) is 0.421. The Bertz CT molecular complexity index is 872. The van der Waals surface area contributed by atoms with Crippen LogP contribution in [0.15, 0.2) is 24.3 Å². The third kappa shape index (κ3) is 3.27. The molecule has 0 bridgehead atoms. The van der Waals surface area contributed by atoms with E-state index in [1.165, 1.54) is 0 Å². The van der Waals surface area contributed by atoms with Crippen molar-refractivity contribution in [1.82, 2.24) is 9.88 Å². The fourth-order valence-corrected chi connectivity index (χ4v) is 3.57. The van der Waals surface area contributed by atoms with Crippen LogP contribution in [0.4, 0.5) is 5.82 Å². The molecule has 1 aromatic carbocycles. The number of carbonyl (C=O) groups is 1. The fourth-order valence-electron chi connectivity index (χ4n) is 3.39. The van der Waals surface area contributed by atoms with Crippen molar-refractivity contribution in [2.45, 2.75) is 19.3 Å². The molecule has 2 aliphatic rings. The standard InChI is InChI=1S/C19H19ClN4O/c20-15-4-5-17-16(11-15)14(12-21)10-18(22-17)23-6-1-7-24(9-8-23)19(25)13-2-3-13/h4-5,10-11,13H,1-3,6-9H2. The van der Waals surface area contributed by atoms with Crippen LogP contribution in [0.3, 0.4) is 0 Å².